The smallest absolute Gasteiger partial charge is 0.328 e. The van der Waals surface area contributed by atoms with E-state index < -0.39 is 5.69 Å². The molecule has 0 fully saturated rings. The fourth-order valence-electron chi connectivity index (χ4n) is 2.24. The van der Waals surface area contributed by atoms with Gasteiger partial charge in [0, 0.05) is 11.1 Å². The second-order valence-electron chi connectivity index (χ2n) is 5.27. The third kappa shape index (κ3) is 3.84. The Labute approximate surface area is 142 Å². The molecule has 3 aromatic rings. The van der Waals surface area contributed by atoms with Gasteiger partial charge in [0.05, 0.1) is 18.0 Å². The molecule has 0 atom stereocenters. The summed E-state index contributed by atoms with van der Waals surface area (Å²) in [6.45, 7) is 0.334. The number of hydrogen-bond donors (Lipinski definition) is 2. The van der Waals surface area contributed by atoms with E-state index in [1.807, 2.05) is 54.6 Å². The van der Waals surface area contributed by atoms with E-state index in [9.17, 15) is 9.59 Å². The maximum absolute atomic E-state index is 12.0. The van der Waals surface area contributed by atoms with Gasteiger partial charge in [-0.1, -0.05) is 54.2 Å². The number of aromatic nitrogens is 2. The van der Waals surface area contributed by atoms with Gasteiger partial charge in [-0.05, 0) is 23.3 Å². The van der Waals surface area contributed by atoms with Crippen LogP contribution in [-0.4, -0.2) is 14.7 Å². The minimum Gasteiger partial charge on any atom is -0.392 e. The average molecular weight is 340 g/mol. The summed E-state index contributed by atoms with van der Waals surface area (Å²) in [5.74, 6) is 0. The zero-order chi connectivity index (χ0) is 16.9. The second kappa shape index (κ2) is 7.33. The summed E-state index contributed by atoms with van der Waals surface area (Å²) in [5.41, 5.74) is 0.897. The Bertz CT molecular complexity index is 931. The molecule has 5 nitrogen and oxygen atoms in total. The molecule has 1 heterocycles. The SMILES string of the molecule is O=c1[nH]c(=O)n(Cc2ccc(CO)cc2)cc1Sc1ccccc1. The fraction of sp³-hybridized carbons (Fsp3) is 0.111. The van der Waals surface area contributed by atoms with E-state index in [0.717, 1.165) is 16.0 Å². The lowest BCUT2D eigenvalue weighted by molar-refractivity contribution is 0.282. The zero-order valence-corrected chi connectivity index (χ0v) is 13.6. The molecule has 0 radical (unpaired) electrons. The number of aromatic amines is 1. The molecule has 0 unspecified atom stereocenters. The molecule has 0 bridgehead atoms. The third-order valence-electron chi connectivity index (χ3n) is 3.51. The Balaban J connectivity index is 1.89. The summed E-state index contributed by atoms with van der Waals surface area (Å²) in [4.78, 5) is 27.8. The number of nitrogens with one attached hydrogen (secondary N) is 1. The van der Waals surface area contributed by atoms with Crippen LogP contribution in [0, 0.1) is 0 Å². The van der Waals surface area contributed by atoms with Crippen LogP contribution in [-0.2, 0) is 13.2 Å². The van der Waals surface area contributed by atoms with Crippen molar-refractivity contribution in [2.75, 3.05) is 0 Å². The lowest BCUT2D eigenvalue weighted by Gasteiger charge is -2.08. The predicted molar refractivity (Wildman–Crippen MR) is 93.4 cm³/mol. The van der Waals surface area contributed by atoms with Crippen LogP contribution in [0.1, 0.15) is 11.1 Å². The first-order chi connectivity index (χ1) is 11.7. The molecule has 2 N–H and O–H groups in total. The van der Waals surface area contributed by atoms with Crippen molar-refractivity contribution in [1.82, 2.24) is 9.55 Å². The molecule has 122 valence electrons. The quantitative estimate of drug-likeness (QED) is 0.747. The van der Waals surface area contributed by atoms with Crippen molar-refractivity contribution in [2.24, 2.45) is 0 Å². The molecule has 0 aliphatic carbocycles. The minimum absolute atomic E-state index is 0.0171. The summed E-state index contributed by atoms with van der Waals surface area (Å²) in [7, 11) is 0. The van der Waals surface area contributed by atoms with Gasteiger partial charge in [-0.25, -0.2) is 4.79 Å². The van der Waals surface area contributed by atoms with E-state index in [-0.39, 0.29) is 12.2 Å². The number of rotatable bonds is 5. The van der Waals surface area contributed by atoms with E-state index in [4.69, 9.17) is 5.11 Å². The highest BCUT2D eigenvalue weighted by molar-refractivity contribution is 7.99. The van der Waals surface area contributed by atoms with Gasteiger partial charge in [0.25, 0.3) is 5.56 Å². The maximum atomic E-state index is 12.0. The van der Waals surface area contributed by atoms with Crippen LogP contribution in [0.4, 0.5) is 0 Å². The van der Waals surface area contributed by atoms with Crippen LogP contribution < -0.4 is 11.2 Å². The molecular formula is C18H16N2O3S. The zero-order valence-electron chi connectivity index (χ0n) is 12.8. The van der Waals surface area contributed by atoms with E-state index in [2.05, 4.69) is 4.98 Å². The average Bonchev–Trinajstić information content (AvgIpc) is 2.60. The molecule has 0 aliphatic rings. The van der Waals surface area contributed by atoms with Gasteiger partial charge in [-0.2, -0.15) is 0 Å². The molecule has 3 rings (SSSR count). The monoisotopic (exact) mass is 340 g/mol. The van der Waals surface area contributed by atoms with Gasteiger partial charge in [0.1, 0.15) is 0 Å². The van der Waals surface area contributed by atoms with E-state index in [1.165, 1.54) is 16.3 Å². The Hall–Kier alpha value is -2.57. The van der Waals surface area contributed by atoms with Gasteiger partial charge in [-0.3, -0.25) is 14.3 Å². The van der Waals surface area contributed by atoms with Crippen molar-refractivity contribution in [3.05, 3.63) is 92.8 Å². The Morgan fingerprint density at radius 3 is 2.29 bits per heavy atom. The van der Waals surface area contributed by atoms with Gasteiger partial charge < -0.3 is 5.11 Å². The van der Waals surface area contributed by atoms with E-state index in [0.29, 0.717) is 11.4 Å². The van der Waals surface area contributed by atoms with Crippen LogP contribution >= 0.6 is 11.8 Å². The molecular weight excluding hydrogens is 324 g/mol. The standard InChI is InChI=1S/C18H16N2O3S/c21-12-14-8-6-13(7-9-14)10-20-11-16(17(22)19-18(20)23)24-15-4-2-1-3-5-15/h1-9,11,21H,10,12H2,(H,19,22,23). The van der Waals surface area contributed by atoms with E-state index >= 15 is 0 Å². The van der Waals surface area contributed by atoms with E-state index in [1.54, 1.807) is 6.20 Å². The number of nitrogens with zero attached hydrogens (tertiary/aromatic N) is 1. The highest BCUT2D eigenvalue weighted by atomic mass is 32.2. The summed E-state index contributed by atoms with van der Waals surface area (Å²) in [6.07, 6.45) is 1.58. The molecule has 0 aliphatic heterocycles. The van der Waals surface area contributed by atoms with Crippen molar-refractivity contribution in [3.63, 3.8) is 0 Å². The van der Waals surface area contributed by atoms with Crippen molar-refractivity contribution < 1.29 is 5.11 Å². The predicted octanol–water partition coefficient (Wildman–Crippen LogP) is 2.23. The van der Waals surface area contributed by atoms with Gasteiger partial charge in [0.15, 0.2) is 0 Å². The summed E-state index contributed by atoms with van der Waals surface area (Å²) >= 11 is 1.32. The number of hydrogen-bond acceptors (Lipinski definition) is 4. The molecule has 6 heteroatoms. The second-order valence-corrected chi connectivity index (χ2v) is 6.39. The van der Waals surface area contributed by atoms with Crippen LogP contribution in [0.3, 0.4) is 0 Å². The van der Waals surface area contributed by atoms with Crippen molar-refractivity contribution >= 4 is 11.8 Å². The van der Waals surface area contributed by atoms with Crippen molar-refractivity contribution in [1.29, 1.82) is 0 Å². The topological polar surface area (TPSA) is 75.1 Å². The number of H-pyrrole nitrogens is 1. The molecule has 0 spiro atoms. The molecule has 2 aromatic carbocycles. The highest BCUT2D eigenvalue weighted by Crippen LogP contribution is 2.23. The fourth-order valence-corrected chi connectivity index (χ4v) is 3.11. The normalized spacial score (nSPS) is 10.7. The minimum atomic E-state index is -0.441. The number of benzene rings is 2. The Morgan fingerprint density at radius 2 is 1.62 bits per heavy atom. The summed E-state index contributed by atoms with van der Waals surface area (Å²) < 4.78 is 1.47. The Morgan fingerprint density at radius 1 is 0.958 bits per heavy atom. The van der Waals surface area contributed by atoms with Crippen LogP contribution in [0.25, 0.3) is 0 Å². The molecule has 24 heavy (non-hydrogen) atoms. The molecule has 1 aromatic heterocycles. The maximum Gasteiger partial charge on any atom is 0.328 e. The summed E-state index contributed by atoms with van der Waals surface area (Å²) in [5, 5.41) is 9.07. The van der Waals surface area contributed by atoms with Crippen molar-refractivity contribution in [3.8, 4) is 0 Å². The first kappa shape index (κ1) is 16.3. The number of aliphatic hydroxyl groups is 1. The first-order valence-corrected chi connectivity index (χ1v) is 8.23. The summed E-state index contributed by atoms with van der Waals surface area (Å²) in [6, 6.07) is 16.9. The third-order valence-corrected chi connectivity index (χ3v) is 4.53. The molecule has 0 amide bonds. The van der Waals surface area contributed by atoms with Gasteiger partial charge in [0.2, 0.25) is 0 Å². The van der Waals surface area contributed by atoms with Gasteiger partial charge in [-0.15, -0.1) is 0 Å². The van der Waals surface area contributed by atoms with Crippen LogP contribution in [0.2, 0.25) is 0 Å². The molecule has 0 saturated carbocycles. The highest BCUT2D eigenvalue weighted by Gasteiger charge is 2.07. The molecule has 0 saturated heterocycles. The largest absolute Gasteiger partial charge is 0.392 e. The van der Waals surface area contributed by atoms with Crippen LogP contribution in [0.5, 0.6) is 0 Å². The van der Waals surface area contributed by atoms with Crippen molar-refractivity contribution in [2.45, 2.75) is 22.9 Å². The van der Waals surface area contributed by atoms with Crippen LogP contribution in [0.15, 0.2) is 80.2 Å². The first-order valence-electron chi connectivity index (χ1n) is 7.41. The lowest BCUT2D eigenvalue weighted by atomic mass is 10.1. The lowest BCUT2D eigenvalue weighted by Crippen LogP contribution is -2.30. The number of aliphatic hydroxyl groups excluding tert-OH is 1. The van der Waals surface area contributed by atoms with Gasteiger partial charge >= 0.3 is 5.69 Å². The Kier molecular flexibility index (Phi) is 4.98.